The predicted octanol–water partition coefficient (Wildman–Crippen LogP) is 1.68. The Labute approximate surface area is 113 Å². The third-order valence-corrected chi connectivity index (χ3v) is 3.00. The zero-order valence-electron chi connectivity index (χ0n) is 10.6. The summed E-state index contributed by atoms with van der Waals surface area (Å²) in [6.07, 6.45) is -2.21. The van der Waals surface area contributed by atoms with Crippen molar-refractivity contribution in [3.05, 3.63) is 12.3 Å². The molecule has 0 saturated carbocycles. The van der Waals surface area contributed by atoms with Crippen molar-refractivity contribution in [3.8, 4) is 0 Å². The molecule has 1 aliphatic rings. The molecule has 0 spiro atoms. The van der Waals surface area contributed by atoms with Crippen LogP contribution in [0.5, 0.6) is 0 Å². The van der Waals surface area contributed by atoms with Crippen LogP contribution in [0.2, 0.25) is 0 Å². The highest BCUT2D eigenvalue weighted by atomic mass is 19.4. The summed E-state index contributed by atoms with van der Waals surface area (Å²) in [7, 11) is 0. The molecule has 1 aromatic heterocycles. The van der Waals surface area contributed by atoms with Crippen molar-refractivity contribution in [1.29, 1.82) is 0 Å². The highest BCUT2D eigenvalue weighted by Gasteiger charge is 2.34. The van der Waals surface area contributed by atoms with Gasteiger partial charge >= 0.3 is 12.2 Å². The quantitative estimate of drug-likeness (QED) is 0.886. The van der Waals surface area contributed by atoms with Crippen molar-refractivity contribution in [2.24, 2.45) is 5.92 Å². The van der Waals surface area contributed by atoms with Crippen LogP contribution in [0.3, 0.4) is 0 Å². The first-order valence-electron chi connectivity index (χ1n) is 6.17. The zero-order chi connectivity index (χ0) is 14.6. The van der Waals surface area contributed by atoms with Crippen LogP contribution >= 0.6 is 0 Å². The summed E-state index contributed by atoms with van der Waals surface area (Å²) in [6.45, 7) is 0.174. The molecule has 2 amide bonds. The van der Waals surface area contributed by atoms with Crippen LogP contribution in [0, 0.1) is 5.92 Å². The van der Waals surface area contributed by atoms with Gasteiger partial charge in [-0.1, -0.05) is 5.16 Å². The van der Waals surface area contributed by atoms with E-state index in [-0.39, 0.29) is 11.7 Å². The maximum absolute atomic E-state index is 12.2. The number of hydrogen-bond acceptors (Lipinski definition) is 4. The van der Waals surface area contributed by atoms with Crippen LogP contribution in [0.25, 0.3) is 0 Å². The van der Waals surface area contributed by atoms with E-state index in [0.717, 1.165) is 0 Å². The first kappa shape index (κ1) is 14.6. The molecule has 1 aliphatic heterocycles. The van der Waals surface area contributed by atoms with Crippen LogP contribution in [-0.4, -0.2) is 48.4 Å². The van der Waals surface area contributed by atoms with Gasteiger partial charge in [0.05, 0.1) is 6.54 Å². The molecule has 6 nitrogen and oxygen atoms in total. The number of halogens is 3. The minimum absolute atomic E-state index is 0.0282. The lowest BCUT2D eigenvalue weighted by Crippen LogP contribution is -2.36. The fourth-order valence-corrected chi connectivity index (χ4v) is 2.15. The number of carbonyl (C=O) groups excluding carboxylic acids is 1. The smallest absolute Gasteiger partial charge is 0.363 e. The first-order valence-corrected chi connectivity index (χ1v) is 6.17. The standard InChI is InChI=1S/C11H15F3N4O2/c12-11(13,14)7-18-3-1-8(6-18)5-15-10(19)16-9-2-4-20-17-9/h2,4,8H,1,3,5-7H2,(H2,15,16,17,19). The summed E-state index contributed by atoms with van der Waals surface area (Å²) in [4.78, 5) is 12.8. The van der Waals surface area contributed by atoms with E-state index in [0.29, 0.717) is 26.1 Å². The zero-order valence-corrected chi connectivity index (χ0v) is 10.6. The predicted molar refractivity (Wildman–Crippen MR) is 64.1 cm³/mol. The molecule has 1 unspecified atom stereocenters. The van der Waals surface area contributed by atoms with Crippen LogP contribution < -0.4 is 10.6 Å². The minimum atomic E-state index is -4.17. The Bertz CT molecular complexity index is 435. The number of likely N-dealkylation sites (tertiary alicyclic amines) is 1. The lowest BCUT2D eigenvalue weighted by atomic mass is 10.1. The molecule has 9 heteroatoms. The molecule has 20 heavy (non-hydrogen) atoms. The van der Waals surface area contributed by atoms with Gasteiger partial charge in [-0.25, -0.2) is 4.79 Å². The molecule has 2 N–H and O–H groups in total. The summed E-state index contributed by atoms with van der Waals surface area (Å²) in [5, 5.41) is 8.56. The van der Waals surface area contributed by atoms with E-state index >= 15 is 0 Å². The second kappa shape index (κ2) is 6.12. The number of urea groups is 1. The second-order valence-corrected chi connectivity index (χ2v) is 4.72. The molecule has 2 heterocycles. The number of hydrogen-bond donors (Lipinski definition) is 2. The number of carbonyl (C=O) groups is 1. The van der Waals surface area contributed by atoms with Gasteiger partial charge in [0.1, 0.15) is 6.26 Å². The molecule has 1 atom stereocenters. The van der Waals surface area contributed by atoms with Crippen molar-refractivity contribution in [1.82, 2.24) is 15.4 Å². The van der Waals surface area contributed by atoms with Gasteiger partial charge in [0.15, 0.2) is 5.82 Å². The number of nitrogens with zero attached hydrogens (tertiary/aromatic N) is 2. The minimum Gasteiger partial charge on any atom is -0.363 e. The number of aromatic nitrogens is 1. The lowest BCUT2D eigenvalue weighted by Gasteiger charge is -2.17. The maximum atomic E-state index is 12.2. The Morgan fingerprint density at radius 2 is 2.35 bits per heavy atom. The topological polar surface area (TPSA) is 70.4 Å². The third-order valence-electron chi connectivity index (χ3n) is 3.00. The van der Waals surface area contributed by atoms with E-state index in [1.807, 2.05) is 0 Å². The summed E-state index contributed by atoms with van der Waals surface area (Å²) in [5.41, 5.74) is 0. The Morgan fingerprint density at radius 1 is 1.55 bits per heavy atom. The molecule has 1 saturated heterocycles. The summed E-state index contributed by atoms with van der Waals surface area (Å²) in [5.74, 6) is 0.313. The van der Waals surface area contributed by atoms with Gasteiger partial charge in [-0.3, -0.25) is 10.2 Å². The largest absolute Gasteiger partial charge is 0.401 e. The number of amides is 2. The van der Waals surface area contributed by atoms with Crippen LogP contribution in [0.15, 0.2) is 16.9 Å². The Balaban J connectivity index is 1.66. The van der Waals surface area contributed by atoms with Crippen LogP contribution in [0.4, 0.5) is 23.8 Å². The second-order valence-electron chi connectivity index (χ2n) is 4.72. The Morgan fingerprint density at radius 3 is 3.00 bits per heavy atom. The fraction of sp³-hybridized carbons (Fsp3) is 0.636. The van der Waals surface area contributed by atoms with E-state index in [2.05, 4.69) is 20.3 Å². The van der Waals surface area contributed by atoms with Crippen LogP contribution in [-0.2, 0) is 0 Å². The maximum Gasteiger partial charge on any atom is 0.401 e. The first-order chi connectivity index (χ1) is 9.42. The summed E-state index contributed by atoms with van der Waals surface area (Å²) in [6, 6.07) is 1.04. The molecule has 1 fully saturated rings. The summed E-state index contributed by atoms with van der Waals surface area (Å²) >= 11 is 0. The number of rotatable bonds is 4. The average molecular weight is 292 g/mol. The molecule has 0 aliphatic carbocycles. The van der Waals surface area contributed by atoms with Crippen LogP contribution in [0.1, 0.15) is 6.42 Å². The normalized spacial score (nSPS) is 20.1. The van der Waals surface area contributed by atoms with Crippen molar-refractivity contribution in [2.75, 3.05) is 31.5 Å². The van der Waals surface area contributed by atoms with Crippen molar-refractivity contribution < 1.29 is 22.5 Å². The van der Waals surface area contributed by atoms with E-state index in [1.165, 1.54) is 17.2 Å². The van der Waals surface area contributed by atoms with E-state index < -0.39 is 18.8 Å². The van der Waals surface area contributed by atoms with Gasteiger partial charge in [-0.2, -0.15) is 13.2 Å². The van der Waals surface area contributed by atoms with Gasteiger partial charge < -0.3 is 9.84 Å². The lowest BCUT2D eigenvalue weighted by molar-refractivity contribution is -0.143. The fourth-order valence-electron chi connectivity index (χ4n) is 2.15. The molecule has 0 aromatic carbocycles. The van der Waals surface area contributed by atoms with Crippen molar-refractivity contribution >= 4 is 11.8 Å². The van der Waals surface area contributed by atoms with Crippen molar-refractivity contribution in [3.63, 3.8) is 0 Å². The number of nitrogens with one attached hydrogen (secondary N) is 2. The summed E-state index contributed by atoms with van der Waals surface area (Å²) < 4.78 is 41.2. The molecule has 0 radical (unpaired) electrons. The molecule has 1 aromatic rings. The van der Waals surface area contributed by atoms with Gasteiger partial charge in [0, 0.05) is 19.2 Å². The van der Waals surface area contributed by atoms with Gasteiger partial charge in [0.2, 0.25) is 0 Å². The van der Waals surface area contributed by atoms with Gasteiger partial charge in [0.25, 0.3) is 0 Å². The molecular formula is C11H15F3N4O2. The molecular weight excluding hydrogens is 277 g/mol. The molecule has 2 rings (SSSR count). The Kier molecular flexibility index (Phi) is 4.48. The number of alkyl halides is 3. The van der Waals surface area contributed by atoms with Gasteiger partial charge in [-0.05, 0) is 18.9 Å². The molecule has 0 bridgehead atoms. The van der Waals surface area contributed by atoms with E-state index in [9.17, 15) is 18.0 Å². The Hall–Kier alpha value is -1.77. The highest BCUT2D eigenvalue weighted by molar-refractivity contribution is 5.87. The SMILES string of the molecule is O=C(NCC1CCN(CC(F)(F)F)C1)Nc1ccon1. The van der Waals surface area contributed by atoms with E-state index in [1.54, 1.807) is 0 Å². The average Bonchev–Trinajstić information content (AvgIpc) is 2.96. The molecule has 112 valence electrons. The monoisotopic (exact) mass is 292 g/mol. The van der Waals surface area contributed by atoms with E-state index in [4.69, 9.17) is 0 Å². The highest BCUT2D eigenvalue weighted by Crippen LogP contribution is 2.22. The third kappa shape index (κ3) is 4.72. The number of anilines is 1. The van der Waals surface area contributed by atoms with Gasteiger partial charge in [-0.15, -0.1) is 0 Å². The van der Waals surface area contributed by atoms with Crippen molar-refractivity contribution in [2.45, 2.75) is 12.6 Å².